The first-order chi connectivity index (χ1) is 12.4. The van der Waals surface area contributed by atoms with Crippen molar-refractivity contribution in [1.29, 1.82) is 0 Å². The van der Waals surface area contributed by atoms with E-state index in [0.717, 1.165) is 21.4 Å². The highest BCUT2D eigenvalue weighted by Crippen LogP contribution is 2.18. The third-order valence-corrected chi connectivity index (χ3v) is 5.35. The first-order valence-corrected chi connectivity index (χ1v) is 10.8. The largest absolute Gasteiger partial charge is 0.326 e. The molecule has 0 unspecified atom stereocenters. The summed E-state index contributed by atoms with van der Waals surface area (Å²) in [6.07, 6.45) is 3.54. The van der Waals surface area contributed by atoms with Crippen LogP contribution in [0.4, 0.5) is 5.69 Å². The van der Waals surface area contributed by atoms with Crippen LogP contribution in [0, 0.1) is 6.92 Å². The molecule has 7 heteroatoms. The lowest BCUT2D eigenvalue weighted by Crippen LogP contribution is -2.26. The third-order valence-electron chi connectivity index (χ3n) is 3.53. The monoisotopic (exact) mass is 390 g/mol. The van der Waals surface area contributed by atoms with Crippen LogP contribution in [0.5, 0.6) is 0 Å². The van der Waals surface area contributed by atoms with Crippen LogP contribution in [-0.4, -0.2) is 27.1 Å². The number of thioether (sulfide) groups is 1. The highest BCUT2D eigenvalue weighted by Gasteiger charge is 2.08. The van der Waals surface area contributed by atoms with Crippen molar-refractivity contribution in [1.82, 2.24) is 4.72 Å². The van der Waals surface area contributed by atoms with Crippen LogP contribution in [0.3, 0.4) is 0 Å². The molecule has 26 heavy (non-hydrogen) atoms. The molecule has 0 aromatic heterocycles. The Balaban J connectivity index is 1.81. The van der Waals surface area contributed by atoms with Crippen molar-refractivity contribution in [3.05, 3.63) is 65.1 Å². The fraction of sp³-hybridized carbons (Fsp3) is 0.211. The van der Waals surface area contributed by atoms with Crippen LogP contribution in [0.25, 0.3) is 6.08 Å². The molecule has 5 nitrogen and oxygen atoms in total. The molecule has 0 saturated heterocycles. The average molecular weight is 391 g/mol. The number of carbonyl (C=O) groups is 1. The second-order valence-electron chi connectivity index (χ2n) is 5.68. The predicted molar refractivity (Wildman–Crippen MR) is 109 cm³/mol. The maximum atomic E-state index is 12.0. The van der Waals surface area contributed by atoms with Crippen molar-refractivity contribution in [2.45, 2.75) is 18.2 Å². The minimum atomic E-state index is -3.58. The number of hydrogen-bond donors (Lipinski definition) is 2. The third kappa shape index (κ3) is 7.03. The standard InChI is InChI=1S/C19H22N2O3S2/c1-15-6-8-16(9-7-15)11-13-26(23,24)20-12-10-19(22)21-17-4-3-5-18(14-17)25-2/h3-9,11,13-14,20H,10,12H2,1-2H3,(H,21,22)/b13-11+. The van der Waals surface area contributed by atoms with E-state index < -0.39 is 10.0 Å². The number of rotatable bonds is 8. The molecule has 2 aromatic carbocycles. The Labute approximate surface area is 158 Å². The number of amides is 1. The van der Waals surface area contributed by atoms with Crippen LogP contribution in [0.2, 0.25) is 0 Å². The Morgan fingerprint density at radius 2 is 1.88 bits per heavy atom. The highest BCUT2D eigenvalue weighted by atomic mass is 32.2. The quantitative estimate of drug-likeness (QED) is 0.675. The molecule has 0 aliphatic heterocycles. The molecule has 0 bridgehead atoms. The lowest BCUT2D eigenvalue weighted by molar-refractivity contribution is -0.116. The van der Waals surface area contributed by atoms with E-state index in [0.29, 0.717) is 5.69 Å². The lowest BCUT2D eigenvalue weighted by Gasteiger charge is -2.07. The summed E-state index contributed by atoms with van der Waals surface area (Å²) in [5, 5.41) is 3.87. The molecule has 0 aliphatic rings. The van der Waals surface area contributed by atoms with Gasteiger partial charge in [-0.15, -0.1) is 11.8 Å². The van der Waals surface area contributed by atoms with Gasteiger partial charge in [-0.05, 0) is 43.0 Å². The van der Waals surface area contributed by atoms with Crippen LogP contribution in [0.15, 0.2) is 58.8 Å². The van der Waals surface area contributed by atoms with Crippen LogP contribution in [0.1, 0.15) is 17.5 Å². The second kappa shape index (κ2) is 9.56. The molecule has 2 N–H and O–H groups in total. The van der Waals surface area contributed by atoms with Gasteiger partial charge in [0, 0.05) is 29.0 Å². The van der Waals surface area contributed by atoms with E-state index in [-0.39, 0.29) is 18.9 Å². The highest BCUT2D eigenvalue weighted by molar-refractivity contribution is 7.98. The van der Waals surface area contributed by atoms with Crippen molar-refractivity contribution in [3.63, 3.8) is 0 Å². The summed E-state index contributed by atoms with van der Waals surface area (Å²) in [5.41, 5.74) is 2.61. The number of sulfonamides is 1. The summed E-state index contributed by atoms with van der Waals surface area (Å²) in [6, 6.07) is 15.0. The Hall–Kier alpha value is -2.09. The topological polar surface area (TPSA) is 75.3 Å². The normalized spacial score (nSPS) is 11.6. The number of nitrogens with one attached hydrogen (secondary N) is 2. The zero-order valence-electron chi connectivity index (χ0n) is 14.7. The Morgan fingerprint density at radius 3 is 2.58 bits per heavy atom. The zero-order valence-corrected chi connectivity index (χ0v) is 16.4. The van der Waals surface area contributed by atoms with Gasteiger partial charge in [-0.3, -0.25) is 4.79 Å². The van der Waals surface area contributed by atoms with Crippen molar-refractivity contribution < 1.29 is 13.2 Å². The number of carbonyl (C=O) groups excluding carboxylic acids is 1. The van der Waals surface area contributed by atoms with Gasteiger partial charge in [-0.2, -0.15) is 0 Å². The van der Waals surface area contributed by atoms with Gasteiger partial charge in [-0.25, -0.2) is 13.1 Å². The van der Waals surface area contributed by atoms with E-state index in [4.69, 9.17) is 0 Å². The fourth-order valence-electron chi connectivity index (χ4n) is 2.12. The number of hydrogen-bond acceptors (Lipinski definition) is 4. The molecule has 2 rings (SSSR count). The second-order valence-corrected chi connectivity index (χ2v) is 8.21. The van der Waals surface area contributed by atoms with Crippen molar-refractivity contribution in [3.8, 4) is 0 Å². The molecule has 0 radical (unpaired) electrons. The summed E-state index contributed by atoms with van der Waals surface area (Å²) in [7, 11) is -3.58. The van der Waals surface area contributed by atoms with Crippen LogP contribution < -0.4 is 10.0 Å². The SMILES string of the molecule is CSc1cccc(NC(=O)CCNS(=O)(=O)/C=C/c2ccc(C)cc2)c1. The molecule has 0 saturated carbocycles. The molecular formula is C19H22N2O3S2. The Kier molecular flexibility index (Phi) is 7.44. The zero-order chi connectivity index (χ0) is 19.0. The van der Waals surface area contributed by atoms with Crippen LogP contribution >= 0.6 is 11.8 Å². The molecule has 2 aromatic rings. The summed E-state index contributed by atoms with van der Waals surface area (Å²) in [6.45, 7) is 2.00. The van der Waals surface area contributed by atoms with Gasteiger partial charge in [0.2, 0.25) is 15.9 Å². The van der Waals surface area contributed by atoms with Gasteiger partial charge >= 0.3 is 0 Å². The van der Waals surface area contributed by atoms with Crippen molar-refractivity contribution in [2.75, 3.05) is 18.1 Å². The number of anilines is 1. The molecule has 0 heterocycles. The molecule has 0 aliphatic carbocycles. The first-order valence-electron chi connectivity index (χ1n) is 8.06. The van der Waals surface area contributed by atoms with E-state index >= 15 is 0 Å². The number of aryl methyl sites for hydroxylation is 1. The van der Waals surface area contributed by atoms with Gasteiger partial charge in [0.15, 0.2) is 0 Å². The van der Waals surface area contributed by atoms with Crippen LogP contribution in [-0.2, 0) is 14.8 Å². The number of benzene rings is 2. The van der Waals surface area contributed by atoms with Gasteiger partial charge in [0.05, 0.1) is 0 Å². The maximum absolute atomic E-state index is 12.0. The van der Waals surface area contributed by atoms with E-state index in [1.54, 1.807) is 17.8 Å². The summed E-state index contributed by atoms with van der Waals surface area (Å²) < 4.78 is 26.3. The summed E-state index contributed by atoms with van der Waals surface area (Å²) in [5.74, 6) is -0.242. The maximum Gasteiger partial charge on any atom is 0.233 e. The molecule has 138 valence electrons. The molecule has 0 fully saturated rings. The smallest absolute Gasteiger partial charge is 0.233 e. The van der Waals surface area contributed by atoms with Gasteiger partial charge in [0.1, 0.15) is 0 Å². The Bertz CT molecular complexity index is 876. The molecule has 0 atom stereocenters. The van der Waals surface area contributed by atoms with Gasteiger partial charge in [0.25, 0.3) is 0 Å². The summed E-state index contributed by atoms with van der Waals surface area (Å²) >= 11 is 1.59. The van der Waals surface area contributed by atoms with Crippen molar-refractivity contribution in [2.24, 2.45) is 0 Å². The first kappa shape index (κ1) is 20.2. The van der Waals surface area contributed by atoms with E-state index in [2.05, 4.69) is 10.0 Å². The minimum Gasteiger partial charge on any atom is -0.326 e. The van der Waals surface area contributed by atoms with Gasteiger partial charge in [-0.1, -0.05) is 35.9 Å². The fourth-order valence-corrected chi connectivity index (χ4v) is 3.40. The molecule has 0 spiro atoms. The summed E-state index contributed by atoms with van der Waals surface area (Å²) in [4.78, 5) is 13.0. The van der Waals surface area contributed by atoms with E-state index in [1.807, 2.05) is 55.6 Å². The van der Waals surface area contributed by atoms with E-state index in [1.165, 1.54) is 6.08 Å². The lowest BCUT2D eigenvalue weighted by atomic mass is 10.2. The average Bonchev–Trinajstić information content (AvgIpc) is 2.61. The predicted octanol–water partition coefficient (Wildman–Crippen LogP) is 3.64. The van der Waals surface area contributed by atoms with Crippen molar-refractivity contribution >= 4 is 39.5 Å². The molecular weight excluding hydrogens is 368 g/mol. The Morgan fingerprint density at radius 1 is 1.15 bits per heavy atom. The molecule has 1 amide bonds. The van der Waals surface area contributed by atoms with Gasteiger partial charge < -0.3 is 5.32 Å². The van der Waals surface area contributed by atoms with E-state index in [9.17, 15) is 13.2 Å². The minimum absolute atomic E-state index is 0.0363.